The molecule has 1 rings (SSSR count). The first-order valence-electron chi connectivity index (χ1n) is 6.96. The molecule has 1 heterocycles. The van der Waals surface area contributed by atoms with Crippen molar-refractivity contribution in [1.82, 2.24) is 15.5 Å². The summed E-state index contributed by atoms with van der Waals surface area (Å²) in [6.07, 6.45) is 0.828. The lowest BCUT2D eigenvalue weighted by atomic mass is 9.90. The van der Waals surface area contributed by atoms with Crippen molar-refractivity contribution in [3.05, 3.63) is 15.9 Å². The lowest BCUT2D eigenvalue weighted by molar-refractivity contribution is 0.0892. The molecule has 1 atom stereocenters. The average Bonchev–Trinajstić information content (AvgIpc) is 2.70. The maximum absolute atomic E-state index is 12.4. The molecule has 0 aliphatic heterocycles. The molecule has 7 heteroatoms. The SMILES string of the molecule is CC(C)CC(C)(CN)NC(=O)c1n[nH]c(C(C)C)c1Br.Cl. The van der Waals surface area contributed by atoms with Crippen LogP contribution in [0.15, 0.2) is 4.47 Å². The minimum absolute atomic E-state index is 0. The molecular formula is C14H26BrClN4O. The Morgan fingerprint density at radius 1 is 1.43 bits per heavy atom. The Kier molecular flexibility index (Phi) is 7.92. The zero-order valence-corrected chi connectivity index (χ0v) is 15.7. The first kappa shape index (κ1) is 20.4. The number of nitrogens with one attached hydrogen (secondary N) is 2. The molecule has 122 valence electrons. The molecule has 0 bridgehead atoms. The summed E-state index contributed by atoms with van der Waals surface area (Å²) in [6.45, 7) is 10.7. The normalized spacial score (nSPS) is 14.0. The molecular weight excluding hydrogens is 356 g/mol. The molecule has 0 spiro atoms. The zero-order valence-electron chi connectivity index (χ0n) is 13.3. The van der Waals surface area contributed by atoms with Gasteiger partial charge in [-0.1, -0.05) is 27.7 Å². The third-order valence-electron chi connectivity index (χ3n) is 3.25. The highest BCUT2D eigenvalue weighted by atomic mass is 79.9. The molecule has 1 unspecified atom stereocenters. The van der Waals surface area contributed by atoms with E-state index in [9.17, 15) is 4.79 Å². The van der Waals surface area contributed by atoms with Crippen molar-refractivity contribution in [1.29, 1.82) is 0 Å². The van der Waals surface area contributed by atoms with Crippen LogP contribution in [0.3, 0.4) is 0 Å². The van der Waals surface area contributed by atoms with Gasteiger partial charge in [0.25, 0.3) is 5.91 Å². The number of H-pyrrole nitrogens is 1. The number of aromatic nitrogens is 2. The predicted octanol–water partition coefficient (Wildman–Crippen LogP) is 3.21. The lowest BCUT2D eigenvalue weighted by Crippen LogP contribution is -2.52. The molecule has 4 N–H and O–H groups in total. The van der Waals surface area contributed by atoms with Gasteiger partial charge in [-0.3, -0.25) is 9.89 Å². The van der Waals surface area contributed by atoms with Gasteiger partial charge < -0.3 is 11.1 Å². The Balaban J connectivity index is 0.00000400. The second-order valence-electron chi connectivity index (χ2n) is 6.27. The molecule has 21 heavy (non-hydrogen) atoms. The van der Waals surface area contributed by atoms with Gasteiger partial charge in [0.1, 0.15) is 0 Å². The zero-order chi connectivity index (χ0) is 15.5. The first-order valence-corrected chi connectivity index (χ1v) is 7.75. The fourth-order valence-corrected chi connectivity index (χ4v) is 3.11. The van der Waals surface area contributed by atoms with Crippen LogP contribution >= 0.6 is 28.3 Å². The quantitative estimate of drug-likeness (QED) is 0.707. The second-order valence-corrected chi connectivity index (χ2v) is 7.06. The standard InChI is InChI=1S/C14H25BrN4O.ClH/c1-8(2)6-14(5,7-16)17-13(20)12-10(15)11(9(3)4)18-19-12;/h8-9H,6-7,16H2,1-5H3,(H,17,20)(H,18,19);1H. The van der Waals surface area contributed by atoms with Crippen LogP contribution < -0.4 is 11.1 Å². The van der Waals surface area contributed by atoms with Gasteiger partial charge in [-0.05, 0) is 41.1 Å². The van der Waals surface area contributed by atoms with Crippen LogP contribution in [0.25, 0.3) is 0 Å². The van der Waals surface area contributed by atoms with Gasteiger partial charge in [-0.15, -0.1) is 12.4 Å². The Bertz CT molecular complexity index is 476. The summed E-state index contributed by atoms with van der Waals surface area (Å²) >= 11 is 3.45. The van der Waals surface area contributed by atoms with Crippen LogP contribution in [-0.2, 0) is 0 Å². The third-order valence-corrected chi connectivity index (χ3v) is 4.05. The maximum Gasteiger partial charge on any atom is 0.273 e. The van der Waals surface area contributed by atoms with E-state index in [1.54, 1.807) is 0 Å². The van der Waals surface area contributed by atoms with Crippen LogP contribution in [-0.4, -0.2) is 28.2 Å². The van der Waals surface area contributed by atoms with Crippen molar-refractivity contribution < 1.29 is 4.79 Å². The van der Waals surface area contributed by atoms with Crippen molar-refractivity contribution in [2.45, 2.75) is 52.5 Å². The molecule has 0 aromatic carbocycles. The Morgan fingerprint density at radius 2 is 2.00 bits per heavy atom. The minimum atomic E-state index is -0.415. The number of hydrogen-bond donors (Lipinski definition) is 3. The number of halogens is 2. The van der Waals surface area contributed by atoms with Crippen molar-refractivity contribution >= 4 is 34.2 Å². The number of nitrogens with two attached hydrogens (primary N) is 1. The molecule has 1 aromatic rings. The number of nitrogens with zero attached hydrogens (tertiary/aromatic N) is 1. The topological polar surface area (TPSA) is 83.8 Å². The Hall–Kier alpha value is -0.590. The number of hydrogen-bond acceptors (Lipinski definition) is 3. The molecule has 0 radical (unpaired) electrons. The van der Waals surface area contributed by atoms with Gasteiger partial charge in [0.15, 0.2) is 5.69 Å². The van der Waals surface area contributed by atoms with Crippen LogP contribution in [0.5, 0.6) is 0 Å². The van der Waals surface area contributed by atoms with Crippen molar-refractivity contribution in [3.63, 3.8) is 0 Å². The molecule has 1 aromatic heterocycles. The molecule has 0 aliphatic rings. The van der Waals surface area contributed by atoms with Crippen LogP contribution in [0.2, 0.25) is 0 Å². The monoisotopic (exact) mass is 380 g/mol. The Labute approximate surface area is 141 Å². The van der Waals surface area contributed by atoms with E-state index < -0.39 is 5.54 Å². The number of carbonyl (C=O) groups excluding carboxylic acids is 1. The fourth-order valence-electron chi connectivity index (χ4n) is 2.29. The van der Waals surface area contributed by atoms with E-state index in [-0.39, 0.29) is 24.2 Å². The lowest BCUT2D eigenvalue weighted by Gasteiger charge is -2.30. The number of rotatable bonds is 6. The number of aromatic amines is 1. The predicted molar refractivity (Wildman–Crippen MR) is 92.0 cm³/mol. The summed E-state index contributed by atoms with van der Waals surface area (Å²) in [4.78, 5) is 12.4. The van der Waals surface area contributed by atoms with E-state index in [0.717, 1.165) is 16.6 Å². The van der Waals surface area contributed by atoms with Gasteiger partial charge in [0.2, 0.25) is 0 Å². The highest BCUT2D eigenvalue weighted by Crippen LogP contribution is 2.26. The molecule has 0 saturated carbocycles. The highest BCUT2D eigenvalue weighted by molar-refractivity contribution is 9.10. The van der Waals surface area contributed by atoms with E-state index in [1.807, 2.05) is 20.8 Å². The fraction of sp³-hybridized carbons (Fsp3) is 0.714. The van der Waals surface area contributed by atoms with E-state index in [4.69, 9.17) is 5.73 Å². The van der Waals surface area contributed by atoms with Gasteiger partial charge in [-0.25, -0.2) is 0 Å². The molecule has 0 saturated heterocycles. The van der Waals surface area contributed by atoms with Crippen molar-refractivity contribution in [3.8, 4) is 0 Å². The molecule has 1 amide bonds. The second kappa shape index (κ2) is 8.15. The van der Waals surface area contributed by atoms with E-state index >= 15 is 0 Å². The van der Waals surface area contributed by atoms with E-state index in [0.29, 0.717) is 18.2 Å². The Morgan fingerprint density at radius 3 is 2.38 bits per heavy atom. The van der Waals surface area contributed by atoms with Crippen LogP contribution in [0.4, 0.5) is 0 Å². The highest BCUT2D eigenvalue weighted by Gasteiger charge is 2.29. The van der Waals surface area contributed by atoms with E-state index in [1.165, 1.54) is 0 Å². The molecule has 0 fully saturated rings. The number of amides is 1. The summed E-state index contributed by atoms with van der Waals surface area (Å²) in [5, 5.41) is 10.0. The van der Waals surface area contributed by atoms with Gasteiger partial charge >= 0.3 is 0 Å². The third kappa shape index (κ3) is 5.27. The maximum atomic E-state index is 12.4. The smallest absolute Gasteiger partial charge is 0.273 e. The summed E-state index contributed by atoms with van der Waals surface area (Å²) in [7, 11) is 0. The number of carbonyl (C=O) groups is 1. The van der Waals surface area contributed by atoms with E-state index in [2.05, 4.69) is 45.3 Å². The summed E-state index contributed by atoms with van der Waals surface area (Å²) < 4.78 is 0.730. The largest absolute Gasteiger partial charge is 0.344 e. The summed E-state index contributed by atoms with van der Waals surface area (Å²) in [5.74, 6) is 0.529. The minimum Gasteiger partial charge on any atom is -0.344 e. The van der Waals surface area contributed by atoms with Crippen LogP contribution in [0, 0.1) is 5.92 Å². The van der Waals surface area contributed by atoms with Gasteiger partial charge in [0, 0.05) is 6.54 Å². The van der Waals surface area contributed by atoms with Crippen molar-refractivity contribution in [2.24, 2.45) is 11.7 Å². The van der Waals surface area contributed by atoms with Crippen LogP contribution in [0.1, 0.15) is 63.1 Å². The first-order chi connectivity index (χ1) is 9.20. The summed E-state index contributed by atoms with van der Waals surface area (Å²) in [6, 6.07) is 0. The molecule has 5 nitrogen and oxygen atoms in total. The van der Waals surface area contributed by atoms with Crippen molar-refractivity contribution in [2.75, 3.05) is 6.54 Å². The average molecular weight is 382 g/mol. The molecule has 0 aliphatic carbocycles. The summed E-state index contributed by atoms with van der Waals surface area (Å²) in [5.41, 5.74) is 6.71. The van der Waals surface area contributed by atoms with Gasteiger partial charge in [0.05, 0.1) is 15.7 Å². The van der Waals surface area contributed by atoms with Gasteiger partial charge in [-0.2, -0.15) is 5.10 Å².